The maximum absolute atomic E-state index is 12.4. The average Bonchev–Trinajstić information content (AvgIpc) is 2.95. The van der Waals surface area contributed by atoms with Gasteiger partial charge in [-0.3, -0.25) is 4.57 Å². The number of likely N-dealkylation sites (tertiary alicyclic amines) is 1. The predicted octanol–water partition coefficient (Wildman–Crippen LogP) is 4.07. The van der Waals surface area contributed by atoms with E-state index in [1.807, 2.05) is 45.2 Å². The first kappa shape index (κ1) is 18.6. The molecule has 1 N–H and O–H groups in total. The lowest BCUT2D eigenvalue weighted by Crippen LogP contribution is -2.42. The summed E-state index contributed by atoms with van der Waals surface area (Å²) in [6.45, 7) is 6.71. The van der Waals surface area contributed by atoms with Gasteiger partial charge in [-0.25, -0.2) is 9.59 Å². The third-order valence-electron chi connectivity index (χ3n) is 4.39. The van der Waals surface area contributed by atoms with Gasteiger partial charge in [-0.2, -0.15) is 0 Å². The minimum Gasteiger partial charge on any atom is -0.444 e. The van der Waals surface area contributed by atoms with Crippen molar-refractivity contribution in [1.82, 2.24) is 14.5 Å². The van der Waals surface area contributed by atoms with Crippen molar-refractivity contribution < 1.29 is 9.53 Å². The van der Waals surface area contributed by atoms with E-state index in [0.717, 1.165) is 11.3 Å². The number of hydrogen-bond donors (Lipinski definition) is 1. The summed E-state index contributed by atoms with van der Waals surface area (Å²) in [4.78, 5) is 29.1. The zero-order chi connectivity index (χ0) is 18.9. The fourth-order valence-electron chi connectivity index (χ4n) is 3.14. The number of piperidine rings is 1. The van der Waals surface area contributed by atoms with Crippen LogP contribution in [0.25, 0.3) is 11.3 Å². The number of amides is 1. The Kier molecular flexibility index (Phi) is 5.14. The van der Waals surface area contributed by atoms with Gasteiger partial charge in [0.25, 0.3) is 0 Å². The maximum atomic E-state index is 12.4. The highest BCUT2D eigenvalue weighted by Gasteiger charge is 2.28. The van der Waals surface area contributed by atoms with Crippen molar-refractivity contribution >= 4 is 17.7 Å². The Morgan fingerprint density at radius 3 is 2.58 bits per heavy atom. The maximum Gasteiger partial charge on any atom is 0.410 e. The van der Waals surface area contributed by atoms with Crippen LogP contribution in [-0.2, 0) is 4.74 Å². The summed E-state index contributed by atoms with van der Waals surface area (Å²) in [6, 6.07) is 7.44. The van der Waals surface area contributed by atoms with Gasteiger partial charge in [-0.1, -0.05) is 23.7 Å². The van der Waals surface area contributed by atoms with E-state index in [1.165, 1.54) is 0 Å². The second kappa shape index (κ2) is 7.19. The number of nitrogens with zero attached hydrogens (tertiary/aromatic N) is 2. The molecule has 0 radical (unpaired) electrons. The minimum absolute atomic E-state index is 0.0605. The summed E-state index contributed by atoms with van der Waals surface area (Å²) in [5.41, 5.74) is 0.972. The van der Waals surface area contributed by atoms with E-state index >= 15 is 0 Å². The van der Waals surface area contributed by atoms with Crippen LogP contribution in [0.3, 0.4) is 0 Å². The Bertz CT molecular complexity index is 842. The number of nitrogens with one attached hydrogen (secondary N) is 1. The van der Waals surface area contributed by atoms with E-state index in [4.69, 9.17) is 16.3 Å². The van der Waals surface area contributed by atoms with Crippen LogP contribution in [0.5, 0.6) is 0 Å². The van der Waals surface area contributed by atoms with Gasteiger partial charge < -0.3 is 14.6 Å². The summed E-state index contributed by atoms with van der Waals surface area (Å²) in [6.07, 6.45) is 2.97. The number of halogens is 1. The molecule has 6 nitrogen and oxygen atoms in total. The first-order chi connectivity index (χ1) is 12.2. The number of aromatic amines is 1. The van der Waals surface area contributed by atoms with Gasteiger partial charge in [-0.05, 0) is 45.7 Å². The molecule has 2 aromatic rings. The first-order valence-electron chi connectivity index (χ1n) is 8.78. The van der Waals surface area contributed by atoms with E-state index in [0.29, 0.717) is 31.0 Å². The number of imidazole rings is 1. The van der Waals surface area contributed by atoms with Crippen molar-refractivity contribution in [2.75, 3.05) is 13.1 Å². The molecular weight excluding hydrogens is 354 g/mol. The third kappa shape index (κ3) is 4.30. The number of carbonyl (C=O) groups is 1. The molecule has 2 heterocycles. The van der Waals surface area contributed by atoms with Crippen molar-refractivity contribution in [3.8, 4) is 11.3 Å². The van der Waals surface area contributed by atoms with E-state index < -0.39 is 5.60 Å². The summed E-state index contributed by atoms with van der Waals surface area (Å²) in [7, 11) is 0. The molecule has 1 aliphatic heterocycles. The molecule has 0 spiro atoms. The normalized spacial score (nSPS) is 15.9. The monoisotopic (exact) mass is 377 g/mol. The van der Waals surface area contributed by atoms with Gasteiger partial charge in [0, 0.05) is 35.9 Å². The van der Waals surface area contributed by atoms with E-state index in [1.54, 1.807) is 15.5 Å². The third-order valence-corrected chi connectivity index (χ3v) is 4.62. The quantitative estimate of drug-likeness (QED) is 0.857. The molecule has 0 bridgehead atoms. The summed E-state index contributed by atoms with van der Waals surface area (Å²) in [5, 5.41) is 0.627. The Morgan fingerprint density at radius 1 is 1.27 bits per heavy atom. The van der Waals surface area contributed by atoms with Crippen molar-refractivity contribution in [1.29, 1.82) is 0 Å². The molecule has 26 heavy (non-hydrogen) atoms. The summed E-state index contributed by atoms with van der Waals surface area (Å²) in [5.74, 6) is 0. The molecule has 1 amide bonds. The molecule has 1 aromatic carbocycles. The highest BCUT2D eigenvalue weighted by molar-refractivity contribution is 6.30. The van der Waals surface area contributed by atoms with Crippen LogP contribution >= 0.6 is 11.6 Å². The largest absolute Gasteiger partial charge is 0.444 e. The number of rotatable bonds is 2. The van der Waals surface area contributed by atoms with Crippen LogP contribution in [-0.4, -0.2) is 39.2 Å². The zero-order valence-corrected chi connectivity index (χ0v) is 16.0. The van der Waals surface area contributed by atoms with Crippen LogP contribution in [0.1, 0.15) is 39.7 Å². The number of hydrogen-bond acceptors (Lipinski definition) is 3. The number of carbonyl (C=O) groups excluding carboxylic acids is 1. The van der Waals surface area contributed by atoms with Gasteiger partial charge in [0.05, 0.1) is 5.69 Å². The summed E-state index contributed by atoms with van der Waals surface area (Å²) >= 11 is 6.03. The Hall–Kier alpha value is -2.21. The van der Waals surface area contributed by atoms with Crippen molar-refractivity contribution in [2.45, 2.75) is 45.3 Å². The lowest BCUT2D eigenvalue weighted by molar-refractivity contribution is 0.0187. The molecule has 3 rings (SSSR count). The van der Waals surface area contributed by atoms with E-state index in [-0.39, 0.29) is 17.8 Å². The van der Waals surface area contributed by atoms with Gasteiger partial charge in [0.15, 0.2) is 0 Å². The Balaban J connectivity index is 1.69. The molecule has 0 atom stereocenters. The molecule has 0 aliphatic carbocycles. The van der Waals surface area contributed by atoms with E-state index in [2.05, 4.69) is 4.98 Å². The number of aromatic nitrogens is 2. The lowest BCUT2D eigenvalue weighted by Gasteiger charge is -2.33. The number of H-pyrrole nitrogens is 1. The molecule has 7 heteroatoms. The smallest absolute Gasteiger partial charge is 0.410 e. The fourth-order valence-corrected chi connectivity index (χ4v) is 3.33. The molecule has 1 aromatic heterocycles. The predicted molar refractivity (Wildman–Crippen MR) is 102 cm³/mol. The molecule has 0 unspecified atom stereocenters. The molecule has 1 fully saturated rings. The Morgan fingerprint density at radius 2 is 1.96 bits per heavy atom. The van der Waals surface area contributed by atoms with Gasteiger partial charge in [0.2, 0.25) is 0 Å². The second-order valence-electron chi connectivity index (χ2n) is 7.59. The standard InChI is InChI=1S/C19H24ClN3O3/c1-19(2,3)26-18(25)22-9-7-15(8-10-22)23-12-16(21-17(23)24)13-5-4-6-14(20)11-13/h4-6,11-12,15H,7-10H2,1-3H3,(H,21,24). The fraction of sp³-hybridized carbons (Fsp3) is 0.474. The van der Waals surface area contributed by atoms with Crippen molar-refractivity contribution in [2.24, 2.45) is 0 Å². The lowest BCUT2D eigenvalue weighted by atomic mass is 10.1. The van der Waals surface area contributed by atoms with E-state index in [9.17, 15) is 9.59 Å². The highest BCUT2D eigenvalue weighted by atomic mass is 35.5. The zero-order valence-electron chi connectivity index (χ0n) is 15.3. The molecule has 1 saturated heterocycles. The molecule has 140 valence electrons. The SMILES string of the molecule is CC(C)(C)OC(=O)N1CCC(n2cc(-c3cccc(Cl)c3)[nH]c2=O)CC1. The number of ether oxygens (including phenoxy) is 1. The number of benzene rings is 1. The first-order valence-corrected chi connectivity index (χ1v) is 9.16. The van der Waals surface area contributed by atoms with Gasteiger partial charge in [0.1, 0.15) is 5.60 Å². The molecule has 1 aliphatic rings. The van der Waals surface area contributed by atoms with Crippen LogP contribution < -0.4 is 5.69 Å². The Labute approximate surface area is 157 Å². The highest BCUT2D eigenvalue weighted by Crippen LogP contribution is 2.25. The van der Waals surface area contributed by atoms with Crippen LogP contribution in [0.4, 0.5) is 4.79 Å². The van der Waals surface area contributed by atoms with Gasteiger partial charge in [-0.15, -0.1) is 0 Å². The molecular formula is C19H24ClN3O3. The molecule has 0 saturated carbocycles. The van der Waals surface area contributed by atoms with Crippen LogP contribution in [0.15, 0.2) is 35.3 Å². The summed E-state index contributed by atoms with van der Waals surface area (Å²) < 4.78 is 7.14. The average molecular weight is 378 g/mol. The second-order valence-corrected chi connectivity index (χ2v) is 8.03. The van der Waals surface area contributed by atoms with Crippen molar-refractivity contribution in [3.63, 3.8) is 0 Å². The van der Waals surface area contributed by atoms with Crippen molar-refractivity contribution in [3.05, 3.63) is 46.0 Å². The topological polar surface area (TPSA) is 67.3 Å². The van der Waals surface area contributed by atoms with Crippen LogP contribution in [0.2, 0.25) is 5.02 Å². The minimum atomic E-state index is -0.503. The van der Waals surface area contributed by atoms with Gasteiger partial charge >= 0.3 is 11.8 Å². The van der Waals surface area contributed by atoms with Crippen LogP contribution in [0, 0.1) is 0 Å².